The molecule has 17 heavy (non-hydrogen) atoms. The summed E-state index contributed by atoms with van der Waals surface area (Å²) in [6, 6.07) is 0. The predicted octanol–water partition coefficient (Wildman–Crippen LogP) is 3.33. The van der Waals surface area contributed by atoms with Crippen molar-refractivity contribution in [2.45, 2.75) is 65.6 Å². The first-order valence-electron chi connectivity index (χ1n) is 6.75. The topological polar surface area (TPSA) is 46.5 Å². The van der Waals surface area contributed by atoms with Gasteiger partial charge >= 0.3 is 0 Å². The lowest BCUT2D eigenvalue weighted by molar-refractivity contribution is -0.134. The Morgan fingerprint density at radius 2 is 1.76 bits per heavy atom. The van der Waals surface area contributed by atoms with Crippen molar-refractivity contribution in [3.63, 3.8) is 0 Å². The number of aliphatic carboxylic acids is 1. The van der Waals surface area contributed by atoms with Gasteiger partial charge < -0.3 is 9.84 Å². The molecule has 1 N–H and O–H groups in total. The Kier molecular flexibility index (Phi) is 5.44. The number of carbonyl (C=O) groups is 1. The highest BCUT2D eigenvalue weighted by Crippen LogP contribution is 2.41. The Balaban J connectivity index is 0.000000317. The van der Waals surface area contributed by atoms with Crippen LogP contribution in [0.5, 0.6) is 0 Å². The highest BCUT2D eigenvalue weighted by Gasteiger charge is 2.37. The zero-order valence-electron chi connectivity index (χ0n) is 11.5. The zero-order valence-corrected chi connectivity index (χ0v) is 11.5. The standard InChI is InChI=1S/C12H22O.C2H4O2/c1-8-4-5-11-9(2)7-10(3)13-12(11)6-8;1-2(3)4/h8-12H,4-7H2,1-3H3;1H3,(H,3,4). The summed E-state index contributed by atoms with van der Waals surface area (Å²) in [4.78, 5) is 9.00. The van der Waals surface area contributed by atoms with Crippen LogP contribution in [0.25, 0.3) is 0 Å². The molecule has 0 amide bonds. The maximum Gasteiger partial charge on any atom is 0.300 e. The number of carboxylic acids is 1. The Hall–Kier alpha value is -0.570. The third-order valence-electron chi connectivity index (χ3n) is 3.95. The van der Waals surface area contributed by atoms with E-state index < -0.39 is 5.97 Å². The van der Waals surface area contributed by atoms with E-state index in [1.54, 1.807) is 0 Å². The van der Waals surface area contributed by atoms with E-state index in [1.165, 1.54) is 25.7 Å². The van der Waals surface area contributed by atoms with E-state index in [2.05, 4.69) is 20.8 Å². The second-order valence-corrected chi connectivity index (χ2v) is 5.80. The molecule has 0 spiro atoms. The third-order valence-corrected chi connectivity index (χ3v) is 3.95. The molecule has 1 aliphatic carbocycles. The molecule has 3 heteroatoms. The van der Waals surface area contributed by atoms with Crippen LogP contribution in [0, 0.1) is 17.8 Å². The molecule has 3 nitrogen and oxygen atoms in total. The number of hydrogen-bond donors (Lipinski definition) is 1. The molecule has 1 saturated heterocycles. The van der Waals surface area contributed by atoms with Gasteiger partial charge in [0.05, 0.1) is 12.2 Å². The van der Waals surface area contributed by atoms with E-state index in [1.807, 2.05) is 0 Å². The SMILES string of the molecule is CC(=O)O.CC1CCC2C(C)CC(C)OC2C1. The van der Waals surface area contributed by atoms with Gasteiger partial charge in [0, 0.05) is 6.92 Å². The molecule has 2 fully saturated rings. The summed E-state index contributed by atoms with van der Waals surface area (Å²) in [5.41, 5.74) is 0. The molecule has 1 heterocycles. The first kappa shape index (κ1) is 14.5. The first-order valence-corrected chi connectivity index (χ1v) is 6.75. The van der Waals surface area contributed by atoms with Crippen LogP contribution in [-0.4, -0.2) is 23.3 Å². The molecule has 1 aliphatic heterocycles. The summed E-state index contributed by atoms with van der Waals surface area (Å²) in [6.45, 7) is 8.09. The molecule has 0 bridgehead atoms. The van der Waals surface area contributed by atoms with Crippen molar-refractivity contribution >= 4 is 5.97 Å². The van der Waals surface area contributed by atoms with Crippen LogP contribution in [0.15, 0.2) is 0 Å². The van der Waals surface area contributed by atoms with Gasteiger partial charge in [-0.15, -0.1) is 0 Å². The smallest absolute Gasteiger partial charge is 0.300 e. The van der Waals surface area contributed by atoms with E-state index in [4.69, 9.17) is 14.6 Å². The molecule has 1 saturated carbocycles. The Bertz CT molecular complexity index is 246. The minimum Gasteiger partial charge on any atom is -0.481 e. The lowest BCUT2D eigenvalue weighted by Crippen LogP contribution is -2.42. The van der Waals surface area contributed by atoms with Crippen LogP contribution >= 0.6 is 0 Å². The van der Waals surface area contributed by atoms with Crippen molar-refractivity contribution in [1.29, 1.82) is 0 Å². The molecular weight excluding hydrogens is 216 g/mol. The van der Waals surface area contributed by atoms with Crippen LogP contribution in [0.1, 0.15) is 53.4 Å². The first-order chi connectivity index (χ1) is 7.90. The molecule has 5 atom stereocenters. The molecule has 0 aromatic carbocycles. The molecule has 2 aliphatic rings. The summed E-state index contributed by atoms with van der Waals surface area (Å²) < 4.78 is 6.03. The number of rotatable bonds is 0. The van der Waals surface area contributed by atoms with Gasteiger partial charge in [-0.05, 0) is 43.9 Å². The molecule has 100 valence electrons. The van der Waals surface area contributed by atoms with Gasteiger partial charge in [0.1, 0.15) is 0 Å². The van der Waals surface area contributed by atoms with Crippen LogP contribution in [0.2, 0.25) is 0 Å². The number of hydrogen-bond acceptors (Lipinski definition) is 2. The van der Waals surface area contributed by atoms with Crippen molar-refractivity contribution in [3.8, 4) is 0 Å². The second kappa shape index (κ2) is 6.39. The highest BCUT2D eigenvalue weighted by atomic mass is 16.5. The van der Waals surface area contributed by atoms with Crippen molar-refractivity contribution in [3.05, 3.63) is 0 Å². The fourth-order valence-electron chi connectivity index (χ4n) is 3.21. The van der Waals surface area contributed by atoms with E-state index >= 15 is 0 Å². The van der Waals surface area contributed by atoms with Crippen LogP contribution in [-0.2, 0) is 9.53 Å². The summed E-state index contributed by atoms with van der Waals surface area (Å²) in [5.74, 6) is 1.81. The Morgan fingerprint density at radius 3 is 2.35 bits per heavy atom. The molecule has 0 radical (unpaired) electrons. The lowest BCUT2D eigenvalue weighted by atomic mass is 9.72. The maximum absolute atomic E-state index is 9.00. The number of ether oxygens (including phenoxy) is 1. The van der Waals surface area contributed by atoms with Crippen molar-refractivity contribution in [1.82, 2.24) is 0 Å². The summed E-state index contributed by atoms with van der Waals surface area (Å²) >= 11 is 0. The predicted molar refractivity (Wildman–Crippen MR) is 67.9 cm³/mol. The zero-order chi connectivity index (χ0) is 13.0. The monoisotopic (exact) mass is 242 g/mol. The molecule has 0 aromatic rings. The average Bonchev–Trinajstić information content (AvgIpc) is 2.14. The van der Waals surface area contributed by atoms with Gasteiger partial charge in [-0.3, -0.25) is 4.79 Å². The van der Waals surface area contributed by atoms with Gasteiger partial charge in [-0.25, -0.2) is 0 Å². The van der Waals surface area contributed by atoms with Gasteiger partial charge in [0.15, 0.2) is 0 Å². The number of fused-ring (bicyclic) bond motifs is 1. The Labute approximate surface area is 105 Å². The fourth-order valence-corrected chi connectivity index (χ4v) is 3.21. The molecule has 5 unspecified atom stereocenters. The molecule has 0 aromatic heterocycles. The van der Waals surface area contributed by atoms with Gasteiger partial charge in [-0.2, -0.15) is 0 Å². The quantitative estimate of drug-likeness (QED) is 0.708. The van der Waals surface area contributed by atoms with Crippen LogP contribution < -0.4 is 0 Å². The third kappa shape index (κ3) is 4.66. The lowest BCUT2D eigenvalue weighted by Gasteiger charge is -2.44. The minimum absolute atomic E-state index is 0.501. The normalized spacial score (nSPS) is 40.8. The van der Waals surface area contributed by atoms with Gasteiger partial charge in [0.25, 0.3) is 5.97 Å². The van der Waals surface area contributed by atoms with Gasteiger partial charge in [-0.1, -0.05) is 20.3 Å². The second-order valence-electron chi connectivity index (χ2n) is 5.80. The van der Waals surface area contributed by atoms with Crippen LogP contribution in [0.4, 0.5) is 0 Å². The number of carboxylic acid groups (broad SMARTS) is 1. The molecule has 2 rings (SSSR count). The summed E-state index contributed by atoms with van der Waals surface area (Å²) in [5, 5.41) is 7.42. The summed E-state index contributed by atoms with van der Waals surface area (Å²) in [6.07, 6.45) is 6.49. The van der Waals surface area contributed by atoms with E-state index in [0.29, 0.717) is 12.2 Å². The summed E-state index contributed by atoms with van der Waals surface area (Å²) in [7, 11) is 0. The van der Waals surface area contributed by atoms with Crippen molar-refractivity contribution < 1.29 is 14.6 Å². The van der Waals surface area contributed by atoms with E-state index in [-0.39, 0.29) is 0 Å². The maximum atomic E-state index is 9.00. The van der Waals surface area contributed by atoms with Crippen LogP contribution in [0.3, 0.4) is 0 Å². The molecular formula is C14H26O3. The van der Waals surface area contributed by atoms with E-state index in [0.717, 1.165) is 24.7 Å². The minimum atomic E-state index is -0.833. The average molecular weight is 242 g/mol. The van der Waals surface area contributed by atoms with E-state index in [9.17, 15) is 0 Å². The van der Waals surface area contributed by atoms with Crippen molar-refractivity contribution in [2.75, 3.05) is 0 Å². The Morgan fingerprint density at radius 1 is 1.18 bits per heavy atom. The fraction of sp³-hybridized carbons (Fsp3) is 0.929. The van der Waals surface area contributed by atoms with Crippen molar-refractivity contribution in [2.24, 2.45) is 17.8 Å². The van der Waals surface area contributed by atoms with Gasteiger partial charge in [0.2, 0.25) is 0 Å². The highest BCUT2D eigenvalue weighted by molar-refractivity contribution is 5.62. The largest absolute Gasteiger partial charge is 0.481 e.